The maximum Gasteiger partial charge on any atom is 0.339 e. The quantitative estimate of drug-likeness (QED) is 0.384. The van der Waals surface area contributed by atoms with Crippen LogP contribution in [0.15, 0.2) is 54.1 Å². The summed E-state index contributed by atoms with van der Waals surface area (Å²) in [6, 6.07) is 12.2. The van der Waals surface area contributed by atoms with E-state index < -0.39 is 11.8 Å². The van der Waals surface area contributed by atoms with Crippen molar-refractivity contribution in [2.75, 3.05) is 7.11 Å². The number of phenolic OH excluding ortho intramolecular Hbond substituents is 1. The van der Waals surface area contributed by atoms with Gasteiger partial charge in [0.05, 0.1) is 7.11 Å². The smallest absolute Gasteiger partial charge is 0.339 e. The van der Waals surface area contributed by atoms with Crippen LogP contribution >= 0.6 is 0 Å². The molecule has 2 N–H and O–H groups in total. The lowest BCUT2D eigenvalue weighted by molar-refractivity contribution is -0.132. The van der Waals surface area contributed by atoms with Crippen molar-refractivity contribution in [1.29, 1.82) is 0 Å². The van der Waals surface area contributed by atoms with Gasteiger partial charge < -0.3 is 14.9 Å². The normalized spacial score (nSPS) is 11.0. The molecule has 5 heteroatoms. The fourth-order valence-electron chi connectivity index (χ4n) is 1.90. The second-order valence-electron chi connectivity index (χ2n) is 4.52. The summed E-state index contributed by atoms with van der Waals surface area (Å²) in [6.45, 7) is 0. The third-order valence-corrected chi connectivity index (χ3v) is 3.01. The van der Waals surface area contributed by atoms with E-state index in [-0.39, 0.29) is 16.9 Å². The maximum atomic E-state index is 12.3. The standard InChI is InChI=1S/C17H14O5/c1-22-14-7-5-12(6-8-14)16(19)15(17(20)21)10-11-3-2-4-13(18)9-11/h2-10,18H,1H3,(H,20,21)/b15-10-. The van der Waals surface area contributed by atoms with Crippen LogP contribution < -0.4 is 4.74 Å². The number of phenols is 1. The first-order chi connectivity index (χ1) is 10.5. The minimum atomic E-state index is -1.33. The number of aromatic hydroxyl groups is 1. The first kappa shape index (κ1) is 15.3. The van der Waals surface area contributed by atoms with Gasteiger partial charge in [-0.2, -0.15) is 0 Å². The van der Waals surface area contributed by atoms with Crippen LogP contribution in [-0.2, 0) is 4.79 Å². The molecule has 0 aliphatic rings. The fraction of sp³-hybridized carbons (Fsp3) is 0.0588. The van der Waals surface area contributed by atoms with Gasteiger partial charge in [0, 0.05) is 5.56 Å². The second kappa shape index (κ2) is 6.58. The molecule has 0 atom stereocenters. The molecule has 5 nitrogen and oxygen atoms in total. The van der Waals surface area contributed by atoms with E-state index in [1.54, 1.807) is 24.3 Å². The van der Waals surface area contributed by atoms with Gasteiger partial charge in [-0.1, -0.05) is 12.1 Å². The van der Waals surface area contributed by atoms with Crippen molar-refractivity contribution in [3.63, 3.8) is 0 Å². The Hall–Kier alpha value is -3.08. The van der Waals surface area contributed by atoms with Crippen molar-refractivity contribution in [3.05, 3.63) is 65.2 Å². The van der Waals surface area contributed by atoms with E-state index in [0.29, 0.717) is 11.3 Å². The van der Waals surface area contributed by atoms with Crippen molar-refractivity contribution >= 4 is 17.8 Å². The largest absolute Gasteiger partial charge is 0.508 e. The molecule has 0 aliphatic heterocycles. The number of rotatable bonds is 5. The second-order valence-corrected chi connectivity index (χ2v) is 4.52. The highest BCUT2D eigenvalue weighted by atomic mass is 16.5. The van der Waals surface area contributed by atoms with Crippen LogP contribution in [0.5, 0.6) is 11.5 Å². The van der Waals surface area contributed by atoms with Crippen molar-refractivity contribution in [2.24, 2.45) is 0 Å². The Labute approximate surface area is 127 Å². The molecule has 0 radical (unpaired) electrons. The number of methoxy groups -OCH3 is 1. The Balaban J connectivity index is 2.38. The molecule has 22 heavy (non-hydrogen) atoms. The van der Waals surface area contributed by atoms with Crippen LogP contribution in [0.25, 0.3) is 6.08 Å². The molecule has 0 aliphatic carbocycles. The summed E-state index contributed by atoms with van der Waals surface area (Å²) in [4.78, 5) is 23.7. The number of carbonyl (C=O) groups is 2. The number of carboxylic acid groups (broad SMARTS) is 1. The van der Waals surface area contributed by atoms with Crippen molar-refractivity contribution < 1.29 is 24.5 Å². The Kier molecular flexibility index (Phi) is 4.58. The lowest BCUT2D eigenvalue weighted by Gasteiger charge is -2.04. The summed E-state index contributed by atoms with van der Waals surface area (Å²) < 4.78 is 5.00. The number of hydrogen-bond donors (Lipinski definition) is 2. The van der Waals surface area contributed by atoms with Crippen molar-refractivity contribution in [3.8, 4) is 11.5 Å². The zero-order valence-electron chi connectivity index (χ0n) is 11.8. The van der Waals surface area contributed by atoms with Crippen LogP contribution in [0.4, 0.5) is 0 Å². The third-order valence-electron chi connectivity index (χ3n) is 3.01. The lowest BCUT2D eigenvalue weighted by atomic mass is 10.0. The Morgan fingerprint density at radius 2 is 1.77 bits per heavy atom. The first-order valence-electron chi connectivity index (χ1n) is 6.44. The number of aliphatic carboxylic acids is 1. The molecule has 0 bridgehead atoms. The van der Waals surface area contributed by atoms with Crippen molar-refractivity contribution in [2.45, 2.75) is 0 Å². The monoisotopic (exact) mass is 298 g/mol. The van der Waals surface area contributed by atoms with E-state index in [1.807, 2.05) is 0 Å². The lowest BCUT2D eigenvalue weighted by Crippen LogP contribution is -2.12. The van der Waals surface area contributed by atoms with Crippen LogP contribution in [0, 0.1) is 0 Å². The molecule has 0 saturated carbocycles. The van der Waals surface area contributed by atoms with E-state index in [0.717, 1.165) is 0 Å². The molecule has 0 fully saturated rings. The van der Waals surface area contributed by atoms with Gasteiger partial charge in [-0.25, -0.2) is 4.79 Å². The summed E-state index contributed by atoms with van der Waals surface area (Å²) in [6.07, 6.45) is 1.23. The van der Waals surface area contributed by atoms with Crippen LogP contribution in [-0.4, -0.2) is 29.1 Å². The van der Waals surface area contributed by atoms with Gasteiger partial charge in [-0.05, 0) is 48.0 Å². The number of hydrogen-bond acceptors (Lipinski definition) is 4. The maximum absolute atomic E-state index is 12.3. The molecular weight excluding hydrogens is 284 g/mol. The topological polar surface area (TPSA) is 83.8 Å². The minimum Gasteiger partial charge on any atom is -0.508 e. The third kappa shape index (κ3) is 3.52. The molecule has 0 unspecified atom stereocenters. The van der Waals surface area contributed by atoms with Crippen LogP contribution in [0.2, 0.25) is 0 Å². The molecule has 0 heterocycles. The van der Waals surface area contributed by atoms with Gasteiger partial charge in [0.2, 0.25) is 0 Å². The molecule has 2 aromatic rings. The Bertz CT molecular complexity index is 729. The number of carbonyl (C=O) groups excluding carboxylic acids is 1. The number of benzene rings is 2. The van der Waals surface area contributed by atoms with Crippen LogP contribution in [0.3, 0.4) is 0 Å². The van der Waals surface area contributed by atoms with Gasteiger partial charge in [0.1, 0.15) is 17.1 Å². The van der Waals surface area contributed by atoms with Gasteiger partial charge in [0.25, 0.3) is 0 Å². The van der Waals surface area contributed by atoms with Gasteiger partial charge >= 0.3 is 5.97 Å². The molecule has 112 valence electrons. The number of Topliss-reactive ketones (excluding diaryl/α,β-unsaturated/α-hetero) is 1. The van der Waals surface area contributed by atoms with E-state index in [4.69, 9.17) is 4.74 Å². The Morgan fingerprint density at radius 3 is 2.32 bits per heavy atom. The van der Waals surface area contributed by atoms with Crippen LogP contribution in [0.1, 0.15) is 15.9 Å². The molecular formula is C17H14O5. The molecule has 0 amide bonds. The molecule has 0 saturated heterocycles. The fourth-order valence-corrected chi connectivity index (χ4v) is 1.90. The van der Waals surface area contributed by atoms with E-state index in [9.17, 15) is 19.8 Å². The molecule has 0 spiro atoms. The number of ketones is 1. The highest BCUT2D eigenvalue weighted by molar-refractivity contribution is 6.26. The first-order valence-corrected chi connectivity index (χ1v) is 6.44. The predicted molar refractivity (Wildman–Crippen MR) is 81.0 cm³/mol. The highest BCUT2D eigenvalue weighted by Crippen LogP contribution is 2.18. The Morgan fingerprint density at radius 1 is 1.09 bits per heavy atom. The average Bonchev–Trinajstić information content (AvgIpc) is 2.52. The summed E-state index contributed by atoms with van der Waals surface area (Å²) in [5.41, 5.74) is 0.296. The van der Waals surface area contributed by atoms with Gasteiger partial charge in [-0.3, -0.25) is 4.79 Å². The highest BCUT2D eigenvalue weighted by Gasteiger charge is 2.19. The van der Waals surface area contributed by atoms with Gasteiger partial charge in [-0.15, -0.1) is 0 Å². The summed E-state index contributed by atoms with van der Waals surface area (Å²) in [7, 11) is 1.50. The summed E-state index contributed by atoms with van der Waals surface area (Å²) >= 11 is 0. The average molecular weight is 298 g/mol. The summed E-state index contributed by atoms with van der Waals surface area (Å²) in [5.74, 6) is -1.37. The molecule has 2 rings (SSSR count). The number of carboxylic acids is 1. The molecule has 0 aromatic heterocycles. The zero-order chi connectivity index (χ0) is 16.1. The SMILES string of the molecule is COc1ccc(C(=O)/C(=C/c2cccc(O)c2)C(=O)O)cc1. The predicted octanol–water partition coefficient (Wildman–Crippen LogP) is 2.75. The molecule has 2 aromatic carbocycles. The minimum absolute atomic E-state index is 0.00427. The summed E-state index contributed by atoms with van der Waals surface area (Å²) in [5, 5.41) is 18.7. The van der Waals surface area contributed by atoms with Crippen molar-refractivity contribution in [1.82, 2.24) is 0 Å². The van der Waals surface area contributed by atoms with E-state index in [2.05, 4.69) is 0 Å². The number of ether oxygens (including phenoxy) is 1. The zero-order valence-corrected chi connectivity index (χ0v) is 11.8. The van der Waals surface area contributed by atoms with E-state index in [1.165, 1.54) is 37.5 Å². The van der Waals surface area contributed by atoms with Gasteiger partial charge in [0.15, 0.2) is 5.78 Å². The van der Waals surface area contributed by atoms with E-state index >= 15 is 0 Å².